The highest BCUT2D eigenvalue weighted by atomic mass is 16.2. The maximum Gasteiger partial charge on any atom is 0.235 e. The number of anilines is 1. The lowest BCUT2D eigenvalue weighted by Crippen LogP contribution is -2.34. The first-order chi connectivity index (χ1) is 11.1. The first kappa shape index (κ1) is 13.9. The number of amides is 2. The summed E-state index contributed by atoms with van der Waals surface area (Å²) in [5, 5.41) is 10.9. The zero-order valence-electron chi connectivity index (χ0n) is 12.7. The molecule has 2 aliphatic rings. The SMILES string of the molecule is Cn1ccnc1-c1ccc(N2CC[C@]3(CC(=O)NC3=O)C2)nn1. The van der Waals surface area contributed by atoms with Crippen LogP contribution in [0.2, 0.25) is 0 Å². The number of imide groups is 1. The maximum absolute atomic E-state index is 12.0. The van der Waals surface area contributed by atoms with Crippen LogP contribution in [-0.2, 0) is 16.6 Å². The predicted octanol–water partition coefficient (Wildman–Crippen LogP) is 0.120. The van der Waals surface area contributed by atoms with Crippen LogP contribution >= 0.6 is 0 Å². The van der Waals surface area contributed by atoms with E-state index in [0.29, 0.717) is 31.0 Å². The molecule has 2 aromatic rings. The Morgan fingerprint density at radius 1 is 1.26 bits per heavy atom. The van der Waals surface area contributed by atoms with Gasteiger partial charge in [-0.2, -0.15) is 0 Å². The van der Waals surface area contributed by atoms with E-state index in [9.17, 15) is 9.59 Å². The molecule has 0 aromatic carbocycles. The molecule has 2 aromatic heterocycles. The average Bonchev–Trinajstić information content (AvgIpc) is 3.21. The number of nitrogens with zero attached hydrogens (tertiary/aromatic N) is 5. The number of hydrogen-bond donors (Lipinski definition) is 1. The summed E-state index contributed by atoms with van der Waals surface area (Å²) >= 11 is 0. The second-order valence-corrected chi connectivity index (χ2v) is 6.14. The van der Waals surface area contributed by atoms with Crippen LogP contribution in [0.5, 0.6) is 0 Å². The van der Waals surface area contributed by atoms with Crippen molar-refractivity contribution in [1.82, 2.24) is 25.1 Å². The fourth-order valence-electron chi connectivity index (χ4n) is 3.31. The van der Waals surface area contributed by atoms with Gasteiger partial charge in [-0.15, -0.1) is 10.2 Å². The number of hydrogen-bond acceptors (Lipinski definition) is 6. The second-order valence-electron chi connectivity index (χ2n) is 6.14. The van der Waals surface area contributed by atoms with Gasteiger partial charge in [0, 0.05) is 39.0 Å². The van der Waals surface area contributed by atoms with E-state index in [-0.39, 0.29) is 18.2 Å². The molecule has 0 unspecified atom stereocenters. The van der Waals surface area contributed by atoms with Gasteiger partial charge in [0.1, 0.15) is 5.69 Å². The molecular weight excluding hydrogens is 296 g/mol. The minimum absolute atomic E-state index is 0.164. The number of rotatable bonds is 2. The van der Waals surface area contributed by atoms with Crippen molar-refractivity contribution >= 4 is 17.6 Å². The molecule has 0 bridgehead atoms. The zero-order valence-corrected chi connectivity index (χ0v) is 12.7. The molecule has 1 N–H and O–H groups in total. The van der Waals surface area contributed by atoms with Gasteiger partial charge >= 0.3 is 0 Å². The lowest BCUT2D eigenvalue weighted by molar-refractivity contribution is -0.127. The number of imidazole rings is 1. The Morgan fingerprint density at radius 3 is 2.74 bits per heavy atom. The van der Waals surface area contributed by atoms with Crippen molar-refractivity contribution in [3.8, 4) is 11.5 Å². The molecule has 8 heteroatoms. The standard InChI is InChI=1S/C15H16N6O2/c1-20-7-5-16-13(20)10-2-3-11(19-18-10)21-6-4-15(9-21)8-12(22)17-14(15)23/h2-3,5,7H,4,6,8-9H2,1H3,(H,17,22,23)/t15-/m0/s1. The first-order valence-electron chi connectivity index (χ1n) is 7.48. The highest BCUT2D eigenvalue weighted by molar-refractivity contribution is 6.06. The largest absolute Gasteiger partial charge is 0.354 e. The molecule has 0 saturated carbocycles. The predicted molar refractivity (Wildman–Crippen MR) is 81.3 cm³/mol. The summed E-state index contributed by atoms with van der Waals surface area (Å²) in [4.78, 5) is 29.8. The topological polar surface area (TPSA) is 93.0 Å². The van der Waals surface area contributed by atoms with Crippen LogP contribution in [0.15, 0.2) is 24.5 Å². The van der Waals surface area contributed by atoms with E-state index in [1.165, 1.54) is 0 Å². The summed E-state index contributed by atoms with van der Waals surface area (Å²) in [6.07, 6.45) is 4.49. The smallest absolute Gasteiger partial charge is 0.235 e. The van der Waals surface area contributed by atoms with Crippen LogP contribution in [0.25, 0.3) is 11.5 Å². The van der Waals surface area contributed by atoms with Crippen molar-refractivity contribution in [1.29, 1.82) is 0 Å². The van der Waals surface area contributed by atoms with Gasteiger partial charge in [-0.05, 0) is 18.6 Å². The van der Waals surface area contributed by atoms with Gasteiger partial charge in [0.15, 0.2) is 11.6 Å². The quantitative estimate of drug-likeness (QED) is 0.792. The van der Waals surface area contributed by atoms with E-state index < -0.39 is 5.41 Å². The van der Waals surface area contributed by atoms with Crippen LogP contribution in [0.3, 0.4) is 0 Å². The van der Waals surface area contributed by atoms with Crippen LogP contribution < -0.4 is 10.2 Å². The third-order valence-electron chi connectivity index (χ3n) is 4.61. The molecule has 2 aliphatic heterocycles. The molecule has 23 heavy (non-hydrogen) atoms. The molecule has 2 saturated heterocycles. The molecule has 0 aliphatic carbocycles. The van der Waals surface area contributed by atoms with Gasteiger partial charge in [-0.1, -0.05) is 0 Å². The zero-order chi connectivity index (χ0) is 16.0. The van der Waals surface area contributed by atoms with Gasteiger partial charge < -0.3 is 9.47 Å². The molecule has 0 radical (unpaired) electrons. The van der Waals surface area contributed by atoms with Gasteiger partial charge in [0.25, 0.3) is 0 Å². The number of aryl methyl sites for hydroxylation is 1. The van der Waals surface area contributed by atoms with E-state index in [1.807, 2.05) is 34.8 Å². The Hall–Kier alpha value is -2.77. The van der Waals surface area contributed by atoms with Crippen molar-refractivity contribution in [3.05, 3.63) is 24.5 Å². The summed E-state index contributed by atoms with van der Waals surface area (Å²) in [6, 6.07) is 3.75. The molecule has 4 rings (SSSR count). The maximum atomic E-state index is 12.0. The van der Waals surface area contributed by atoms with Gasteiger partial charge in [0.2, 0.25) is 11.8 Å². The molecule has 1 atom stereocenters. The fourth-order valence-corrected chi connectivity index (χ4v) is 3.31. The van der Waals surface area contributed by atoms with Crippen molar-refractivity contribution in [2.24, 2.45) is 12.5 Å². The summed E-state index contributed by atoms with van der Waals surface area (Å²) in [5.41, 5.74) is 0.0980. The summed E-state index contributed by atoms with van der Waals surface area (Å²) in [6.45, 7) is 1.19. The van der Waals surface area contributed by atoms with Crippen molar-refractivity contribution < 1.29 is 9.59 Å². The van der Waals surface area contributed by atoms with Crippen LogP contribution in [0, 0.1) is 5.41 Å². The Kier molecular flexibility index (Phi) is 2.93. The lowest BCUT2D eigenvalue weighted by Gasteiger charge is -2.20. The molecule has 2 fully saturated rings. The number of aromatic nitrogens is 4. The molecular formula is C15H16N6O2. The molecule has 4 heterocycles. The summed E-state index contributed by atoms with van der Waals surface area (Å²) in [5.74, 6) is 1.12. The number of nitrogens with one attached hydrogen (secondary N) is 1. The Labute approximate surface area is 132 Å². The normalized spacial score (nSPS) is 23.8. The third kappa shape index (κ3) is 2.18. The van der Waals surface area contributed by atoms with Crippen molar-refractivity contribution in [2.75, 3.05) is 18.0 Å². The van der Waals surface area contributed by atoms with Crippen LogP contribution in [0.1, 0.15) is 12.8 Å². The molecule has 2 amide bonds. The van der Waals surface area contributed by atoms with E-state index >= 15 is 0 Å². The molecule has 8 nitrogen and oxygen atoms in total. The molecule has 118 valence electrons. The Balaban J connectivity index is 1.55. The highest BCUT2D eigenvalue weighted by Gasteiger charge is 2.51. The monoisotopic (exact) mass is 312 g/mol. The number of carbonyl (C=O) groups is 2. The lowest BCUT2D eigenvalue weighted by atomic mass is 9.85. The average molecular weight is 312 g/mol. The van der Waals surface area contributed by atoms with Crippen molar-refractivity contribution in [2.45, 2.75) is 12.8 Å². The van der Waals surface area contributed by atoms with Gasteiger partial charge in [-0.3, -0.25) is 14.9 Å². The highest BCUT2D eigenvalue weighted by Crippen LogP contribution is 2.39. The second kappa shape index (κ2) is 4.87. The van der Waals surface area contributed by atoms with Crippen molar-refractivity contribution in [3.63, 3.8) is 0 Å². The minimum atomic E-state index is -0.600. The van der Waals surface area contributed by atoms with E-state index in [2.05, 4.69) is 20.5 Å². The Morgan fingerprint density at radius 2 is 2.13 bits per heavy atom. The van der Waals surface area contributed by atoms with Crippen LogP contribution in [-0.4, -0.2) is 44.7 Å². The first-order valence-corrected chi connectivity index (χ1v) is 7.48. The van der Waals surface area contributed by atoms with E-state index in [0.717, 1.165) is 5.82 Å². The summed E-state index contributed by atoms with van der Waals surface area (Å²) < 4.78 is 1.88. The van der Waals surface area contributed by atoms with E-state index in [1.54, 1.807) is 6.20 Å². The fraction of sp³-hybridized carbons (Fsp3) is 0.400. The van der Waals surface area contributed by atoms with Crippen LogP contribution in [0.4, 0.5) is 5.82 Å². The minimum Gasteiger partial charge on any atom is -0.354 e. The third-order valence-corrected chi connectivity index (χ3v) is 4.61. The van der Waals surface area contributed by atoms with Gasteiger partial charge in [0.05, 0.1) is 5.41 Å². The Bertz CT molecular complexity index is 784. The summed E-state index contributed by atoms with van der Waals surface area (Å²) in [7, 11) is 1.90. The van der Waals surface area contributed by atoms with Gasteiger partial charge in [-0.25, -0.2) is 4.98 Å². The number of carbonyl (C=O) groups excluding carboxylic acids is 2. The molecule has 1 spiro atoms. The van der Waals surface area contributed by atoms with E-state index in [4.69, 9.17) is 0 Å².